The van der Waals surface area contributed by atoms with Crippen molar-refractivity contribution in [1.82, 2.24) is 0 Å². The topological polar surface area (TPSA) is 96.2 Å². The van der Waals surface area contributed by atoms with Crippen molar-refractivity contribution in [3.63, 3.8) is 0 Å². The van der Waals surface area contributed by atoms with E-state index in [1.807, 2.05) is 0 Å². The Bertz CT molecular complexity index is 954. The average Bonchev–Trinajstić information content (AvgIpc) is 2.68. The number of aliphatic hydroxyl groups is 1. The summed E-state index contributed by atoms with van der Waals surface area (Å²) in [6.07, 6.45) is 6.90. The number of ether oxygens (including phenoxy) is 2. The first-order chi connectivity index (χ1) is 13.3. The zero-order valence-electron chi connectivity index (χ0n) is 15.8. The summed E-state index contributed by atoms with van der Waals surface area (Å²) in [5, 5.41) is 29.3. The maximum absolute atomic E-state index is 12.0. The fraction of sp³-hybridized carbons (Fsp3) is 0.136. The Morgan fingerprint density at radius 1 is 0.929 bits per heavy atom. The van der Waals surface area contributed by atoms with Crippen LogP contribution in [0.1, 0.15) is 16.7 Å². The Morgan fingerprint density at radius 3 is 2.25 bits per heavy atom. The van der Waals surface area contributed by atoms with Crippen molar-refractivity contribution < 1.29 is 29.6 Å². The van der Waals surface area contributed by atoms with Crippen LogP contribution in [0.3, 0.4) is 0 Å². The number of carbonyl (C=O) groups is 1. The summed E-state index contributed by atoms with van der Waals surface area (Å²) in [5.74, 6) is 0.0682. The Labute approximate surface area is 163 Å². The van der Waals surface area contributed by atoms with E-state index in [9.17, 15) is 20.1 Å². The van der Waals surface area contributed by atoms with Crippen molar-refractivity contribution in [1.29, 1.82) is 0 Å². The number of ketones is 1. The van der Waals surface area contributed by atoms with Crippen LogP contribution in [0.25, 0.3) is 12.2 Å². The lowest BCUT2D eigenvalue weighted by atomic mass is 10.1. The van der Waals surface area contributed by atoms with E-state index in [0.717, 1.165) is 6.08 Å². The van der Waals surface area contributed by atoms with Crippen molar-refractivity contribution >= 4 is 17.9 Å². The third-order valence-corrected chi connectivity index (χ3v) is 3.89. The molecule has 3 N–H and O–H groups in total. The minimum absolute atomic E-state index is 0.00903. The molecule has 28 heavy (non-hydrogen) atoms. The Kier molecular flexibility index (Phi) is 6.87. The van der Waals surface area contributed by atoms with Crippen molar-refractivity contribution in [3.05, 3.63) is 71.0 Å². The van der Waals surface area contributed by atoms with Gasteiger partial charge in [0, 0.05) is 6.08 Å². The van der Waals surface area contributed by atoms with Crippen LogP contribution in [0.5, 0.6) is 23.0 Å². The summed E-state index contributed by atoms with van der Waals surface area (Å²) in [4.78, 5) is 12.0. The standard InChI is InChI=1S/C22H22O6/c1-14-10-16(12-21(28-3)22(14)26)5-8-18(24)13-17(23)7-4-15-6-9-19(25)20(11-15)27-2/h4-13,24-26H,1-3H3/b7-4+,8-5+,18-13-. The summed E-state index contributed by atoms with van der Waals surface area (Å²) in [6, 6.07) is 8.02. The molecular weight excluding hydrogens is 360 g/mol. The molecule has 0 fully saturated rings. The minimum atomic E-state index is -0.409. The predicted octanol–water partition coefficient (Wildman–Crippen LogP) is 4.16. The third-order valence-electron chi connectivity index (χ3n) is 3.89. The van der Waals surface area contributed by atoms with Gasteiger partial charge in [-0.15, -0.1) is 0 Å². The molecule has 0 aromatic heterocycles. The number of hydrogen-bond donors (Lipinski definition) is 3. The number of benzene rings is 2. The molecule has 2 rings (SSSR count). The number of allylic oxidation sites excluding steroid dienone is 3. The van der Waals surface area contributed by atoms with Gasteiger partial charge in [-0.2, -0.15) is 0 Å². The predicted molar refractivity (Wildman–Crippen MR) is 108 cm³/mol. The lowest BCUT2D eigenvalue weighted by molar-refractivity contribution is -0.110. The van der Waals surface area contributed by atoms with E-state index in [2.05, 4.69) is 0 Å². The van der Waals surface area contributed by atoms with Crippen LogP contribution in [0, 0.1) is 6.92 Å². The van der Waals surface area contributed by atoms with Gasteiger partial charge in [-0.25, -0.2) is 0 Å². The van der Waals surface area contributed by atoms with Gasteiger partial charge in [0.25, 0.3) is 0 Å². The minimum Gasteiger partial charge on any atom is -0.508 e. The zero-order valence-corrected chi connectivity index (χ0v) is 15.8. The second kappa shape index (κ2) is 9.32. The number of aromatic hydroxyl groups is 2. The molecule has 0 heterocycles. The Morgan fingerprint density at radius 2 is 1.57 bits per heavy atom. The molecule has 0 atom stereocenters. The lowest BCUT2D eigenvalue weighted by Crippen LogP contribution is -1.90. The number of hydrogen-bond acceptors (Lipinski definition) is 6. The molecule has 2 aromatic rings. The summed E-state index contributed by atoms with van der Waals surface area (Å²) in [5.41, 5.74) is 2.00. The average molecular weight is 382 g/mol. The molecule has 0 aliphatic rings. The molecule has 0 saturated heterocycles. The smallest absolute Gasteiger partial charge is 0.182 e. The van der Waals surface area contributed by atoms with Crippen molar-refractivity contribution in [2.75, 3.05) is 14.2 Å². The second-order valence-electron chi connectivity index (χ2n) is 5.96. The highest BCUT2D eigenvalue weighted by molar-refractivity contribution is 6.02. The van der Waals surface area contributed by atoms with E-state index in [1.165, 1.54) is 32.4 Å². The van der Waals surface area contributed by atoms with Crippen LogP contribution in [-0.2, 0) is 4.79 Å². The van der Waals surface area contributed by atoms with Crippen molar-refractivity contribution in [2.24, 2.45) is 0 Å². The summed E-state index contributed by atoms with van der Waals surface area (Å²) < 4.78 is 10.1. The van der Waals surface area contributed by atoms with Gasteiger partial charge in [-0.1, -0.05) is 18.2 Å². The summed E-state index contributed by atoms with van der Waals surface area (Å²) in [6.45, 7) is 1.73. The molecule has 0 saturated carbocycles. The SMILES string of the molecule is COc1cc(/C=C/C(=O)/C=C(O)/C=C/c2cc(C)c(O)c(OC)c2)ccc1O. The number of carbonyl (C=O) groups excluding carboxylic acids is 1. The molecule has 0 aliphatic heterocycles. The lowest BCUT2D eigenvalue weighted by Gasteiger charge is -2.07. The first kappa shape index (κ1) is 20.6. The maximum Gasteiger partial charge on any atom is 0.182 e. The van der Waals surface area contributed by atoms with E-state index in [0.29, 0.717) is 28.2 Å². The van der Waals surface area contributed by atoms with E-state index in [1.54, 1.807) is 43.3 Å². The zero-order chi connectivity index (χ0) is 20.7. The van der Waals surface area contributed by atoms with E-state index < -0.39 is 5.78 Å². The van der Waals surface area contributed by atoms with Gasteiger partial charge in [-0.05, 0) is 60.0 Å². The monoisotopic (exact) mass is 382 g/mol. The van der Waals surface area contributed by atoms with Gasteiger partial charge >= 0.3 is 0 Å². The largest absolute Gasteiger partial charge is 0.508 e. The molecule has 0 unspecified atom stereocenters. The molecule has 0 aliphatic carbocycles. The molecule has 2 aromatic carbocycles. The molecule has 146 valence electrons. The van der Waals surface area contributed by atoms with Gasteiger partial charge in [0.05, 0.1) is 14.2 Å². The number of aryl methyl sites for hydroxylation is 1. The fourth-order valence-electron chi connectivity index (χ4n) is 2.43. The summed E-state index contributed by atoms with van der Waals surface area (Å²) in [7, 11) is 2.89. The fourth-order valence-corrected chi connectivity index (χ4v) is 2.43. The Hall–Kier alpha value is -3.67. The first-order valence-corrected chi connectivity index (χ1v) is 8.39. The van der Waals surface area contributed by atoms with E-state index in [-0.39, 0.29) is 17.3 Å². The maximum atomic E-state index is 12.0. The second-order valence-corrected chi connectivity index (χ2v) is 5.96. The third kappa shape index (κ3) is 5.41. The van der Waals surface area contributed by atoms with Gasteiger partial charge < -0.3 is 24.8 Å². The number of methoxy groups -OCH3 is 2. The number of phenols is 2. The normalized spacial score (nSPS) is 11.9. The van der Waals surface area contributed by atoms with Gasteiger partial charge in [0.15, 0.2) is 28.8 Å². The number of rotatable bonds is 7. The van der Waals surface area contributed by atoms with Crippen LogP contribution in [0.4, 0.5) is 0 Å². The highest BCUT2D eigenvalue weighted by atomic mass is 16.5. The highest BCUT2D eigenvalue weighted by Gasteiger charge is 2.06. The number of aliphatic hydroxyl groups excluding tert-OH is 1. The van der Waals surface area contributed by atoms with Crippen molar-refractivity contribution in [2.45, 2.75) is 6.92 Å². The Balaban J connectivity index is 2.09. The molecule has 6 nitrogen and oxygen atoms in total. The highest BCUT2D eigenvalue weighted by Crippen LogP contribution is 2.31. The van der Waals surface area contributed by atoms with Crippen LogP contribution >= 0.6 is 0 Å². The van der Waals surface area contributed by atoms with Crippen LogP contribution in [0.15, 0.2) is 54.3 Å². The molecular formula is C22H22O6. The van der Waals surface area contributed by atoms with Crippen molar-refractivity contribution in [3.8, 4) is 23.0 Å². The van der Waals surface area contributed by atoms with Gasteiger partial charge in [0.1, 0.15) is 5.76 Å². The molecule has 0 radical (unpaired) electrons. The van der Waals surface area contributed by atoms with E-state index >= 15 is 0 Å². The van der Waals surface area contributed by atoms with Gasteiger partial charge in [0.2, 0.25) is 0 Å². The molecule has 6 heteroatoms. The van der Waals surface area contributed by atoms with E-state index in [4.69, 9.17) is 9.47 Å². The molecule has 0 spiro atoms. The summed E-state index contributed by atoms with van der Waals surface area (Å²) >= 11 is 0. The van der Waals surface area contributed by atoms with Crippen LogP contribution in [0.2, 0.25) is 0 Å². The molecule has 0 bridgehead atoms. The van der Waals surface area contributed by atoms with Crippen LogP contribution in [-0.4, -0.2) is 35.3 Å². The molecule has 0 amide bonds. The van der Waals surface area contributed by atoms with Gasteiger partial charge in [-0.3, -0.25) is 4.79 Å². The van der Waals surface area contributed by atoms with Crippen LogP contribution < -0.4 is 9.47 Å². The number of phenolic OH excluding ortho intramolecular Hbond substituents is 2. The first-order valence-electron chi connectivity index (χ1n) is 8.39. The quantitative estimate of drug-likeness (QED) is 0.378.